The van der Waals surface area contributed by atoms with E-state index in [0.29, 0.717) is 18.2 Å². The van der Waals surface area contributed by atoms with Crippen molar-refractivity contribution in [2.45, 2.75) is 39.7 Å². The maximum atomic E-state index is 11.1. The summed E-state index contributed by atoms with van der Waals surface area (Å²) in [5.74, 6) is 0.462. The van der Waals surface area contributed by atoms with Crippen molar-refractivity contribution < 1.29 is 4.92 Å². The van der Waals surface area contributed by atoms with E-state index in [4.69, 9.17) is 5.73 Å². The molecule has 0 amide bonds. The fourth-order valence-corrected chi connectivity index (χ4v) is 2.36. The zero-order chi connectivity index (χ0) is 14.6. The Morgan fingerprint density at radius 1 is 1.47 bits per heavy atom. The van der Waals surface area contributed by atoms with Gasteiger partial charge < -0.3 is 11.1 Å². The fourth-order valence-electron chi connectivity index (χ4n) is 2.36. The van der Waals surface area contributed by atoms with Crippen LogP contribution < -0.4 is 11.1 Å². The van der Waals surface area contributed by atoms with Gasteiger partial charge in [0.05, 0.1) is 4.92 Å². The van der Waals surface area contributed by atoms with Crippen LogP contribution in [-0.4, -0.2) is 17.0 Å². The minimum atomic E-state index is -0.359. The highest BCUT2D eigenvalue weighted by atomic mass is 16.6. The number of hydrogen-bond donors (Lipinski definition) is 2. The first kappa shape index (κ1) is 15.4. The van der Waals surface area contributed by atoms with E-state index in [-0.39, 0.29) is 16.1 Å². The number of nitrogens with zero attached hydrogens (tertiary/aromatic N) is 1. The fraction of sp³-hybridized carbons (Fsp3) is 0.571. The molecule has 1 aromatic carbocycles. The van der Waals surface area contributed by atoms with Crippen molar-refractivity contribution in [2.24, 2.45) is 11.7 Å². The molecule has 19 heavy (non-hydrogen) atoms. The second-order valence-electron chi connectivity index (χ2n) is 5.71. The van der Waals surface area contributed by atoms with Crippen LogP contribution in [-0.2, 0) is 0 Å². The molecule has 0 saturated heterocycles. The standard InChI is InChI=1S/C14H23N3O2/c1-10(2)8-14(4,9-15)16-13-11(3)6-5-7-12(13)17(18)19/h5-7,10,16H,8-9,15H2,1-4H3. The average molecular weight is 265 g/mol. The predicted octanol–water partition coefficient (Wildman–Crippen LogP) is 3.08. The van der Waals surface area contributed by atoms with Gasteiger partial charge in [-0.15, -0.1) is 0 Å². The number of aryl methyl sites for hydroxylation is 1. The molecule has 0 heterocycles. The summed E-state index contributed by atoms with van der Waals surface area (Å²) in [4.78, 5) is 10.7. The Balaban J connectivity index is 3.13. The van der Waals surface area contributed by atoms with E-state index < -0.39 is 0 Å². The van der Waals surface area contributed by atoms with Gasteiger partial charge in [0.1, 0.15) is 5.69 Å². The van der Waals surface area contributed by atoms with Gasteiger partial charge in [-0.05, 0) is 31.7 Å². The highest BCUT2D eigenvalue weighted by Crippen LogP contribution is 2.31. The topological polar surface area (TPSA) is 81.2 Å². The normalized spacial score (nSPS) is 14.2. The number of para-hydroxylation sites is 1. The Bertz CT molecular complexity index is 460. The van der Waals surface area contributed by atoms with Crippen molar-refractivity contribution in [3.8, 4) is 0 Å². The van der Waals surface area contributed by atoms with Gasteiger partial charge in [-0.2, -0.15) is 0 Å². The lowest BCUT2D eigenvalue weighted by Gasteiger charge is -2.32. The lowest BCUT2D eigenvalue weighted by atomic mass is 9.90. The first-order valence-corrected chi connectivity index (χ1v) is 6.51. The number of nitro benzene ring substituents is 1. The molecule has 1 rings (SSSR count). The molecule has 0 aliphatic carbocycles. The van der Waals surface area contributed by atoms with Crippen LogP contribution in [0.15, 0.2) is 18.2 Å². The summed E-state index contributed by atoms with van der Waals surface area (Å²) in [6.07, 6.45) is 0.856. The Labute approximate surface area is 114 Å². The number of anilines is 1. The van der Waals surface area contributed by atoms with Gasteiger partial charge in [-0.25, -0.2) is 0 Å². The Hall–Kier alpha value is -1.62. The first-order valence-electron chi connectivity index (χ1n) is 6.51. The monoisotopic (exact) mass is 265 g/mol. The SMILES string of the molecule is Cc1cccc([N+](=O)[O-])c1NC(C)(CN)CC(C)C. The summed E-state index contributed by atoms with van der Waals surface area (Å²) < 4.78 is 0. The summed E-state index contributed by atoms with van der Waals surface area (Å²) in [6, 6.07) is 5.07. The molecule has 0 aliphatic heterocycles. The smallest absolute Gasteiger partial charge is 0.292 e. The summed E-state index contributed by atoms with van der Waals surface area (Å²) >= 11 is 0. The number of benzene rings is 1. The van der Waals surface area contributed by atoms with Crippen LogP contribution >= 0.6 is 0 Å². The molecule has 0 spiro atoms. The van der Waals surface area contributed by atoms with Crippen molar-refractivity contribution in [2.75, 3.05) is 11.9 Å². The van der Waals surface area contributed by atoms with Gasteiger partial charge in [0.25, 0.3) is 5.69 Å². The molecule has 0 fully saturated rings. The van der Waals surface area contributed by atoms with Crippen molar-refractivity contribution in [3.05, 3.63) is 33.9 Å². The summed E-state index contributed by atoms with van der Waals surface area (Å²) in [7, 11) is 0. The molecule has 1 unspecified atom stereocenters. The molecule has 3 N–H and O–H groups in total. The molecule has 0 bridgehead atoms. The molecule has 0 aliphatic rings. The molecule has 0 aromatic heterocycles. The average Bonchev–Trinajstić information content (AvgIpc) is 2.30. The Morgan fingerprint density at radius 3 is 2.58 bits per heavy atom. The number of hydrogen-bond acceptors (Lipinski definition) is 4. The van der Waals surface area contributed by atoms with Gasteiger partial charge in [-0.3, -0.25) is 10.1 Å². The molecule has 5 heteroatoms. The quantitative estimate of drug-likeness (QED) is 0.611. The third-order valence-corrected chi connectivity index (χ3v) is 3.18. The molecule has 106 valence electrons. The minimum absolute atomic E-state index is 0.100. The largest absolute Gasteiger partial charge is 0.373 e. The van der Waals surface area contributed by atoms with Crippen LogP contribution in [0.2, 0.25) is 0 Å². The Kier molecular flexibility index (Phi) is 4.89. The predicted molar refractivity (Wildman–Crippen MR) is 78.4 cm³/mol. The highest BCUT2D eigenvalue weighted by molar-refractivity contribution is 5.67. The van der Waals surface area contributed by atoms with Crippen molar-refractivity contribution in [1.82, 2.24) is 0 Å². The molecule has 1 atom stereocenters. The van der Waals surface area contributed by atoms with E-state index in [1.807, 2.05) is 19.9 Å². The first-order chi connectivity index (χ1) is 8.79. The van der Waals surface area contributed by atoms with Crippen LogP contribution in [0.4, 0.5) is 11.4 Å². The maximum absolute atomic E-state index is 11.1. The van der Waals surface area contributed by atoms with E-state index in [9.17, 15) is 10.1 Å². The summed E-state index contributed by atoms with van der Waals surface area (Å²) in [5.41, 5.74) is 7.03. The van der Waals surface area contributed by atoms with Gasteiger partial charge in [0.2, 0.25) is 0 Å². The van der Waals surface area contributed by atoms with Gasteiger partial charge in [0, 0.05) is 18.2 Å². The van der Waals surface area contributed by atoms with E-state index in [2.05, 4.69) is 19.2 Å². The lowest BCUT2D eigenvalue weighted by Crippen LogP contribution is -2.44. The van der Waals surface area contributed by atoms with Crippen molar-refractivity contribution in [3.63, 3.8) is 0 Å². The summed E-state index contributed by atoms with van der Waals surface area (Å²) in [5, 5.41) is 14.4. The van der Waals surface area contributed by atoms with Gasteiger partial charge >= 0.3 is 0 Å². The van der Waals surface area contributed by atoms with Gasteiger partial charge in [-0.1, -0.05) is 26.0 Å². The van der Waals surface area contributed by atoms with E-state index in [1.165, 1.54) is 6.07 Å². The molecular weight excluding hydrogens is 242 g/mol. The van der Waals surface area contributed by atoms with E-state index >= 15 is 0 Å². The summed E-state index contributed by atoms with van der Waals surface area (Å²) in [6.45, 7) is 8.52. The molecule has 1 aromatic rings. The Morgan fingerprint density at radius 2 is 2.11 bits per heavy atom. The second kappa shape index (κ2) is 6.02. The van der Waals surface area contributed by atoms with E-state index in [1.54, 1.807) is 6.07 Å². The van der Waals surface area contributed by atoms with Crippen LogP contribution in [0.3, 0.4) is 0 Å². The number of nitrogens with two attached hydrogens (primary N) is 1. The number of nitro groups is 1. The molecular formula is C14H23N3O2. The van der Waals surface area contributed by atoms with Crippen LogP contribution in [0.1, 0.15) is 32.8 Å². The van der Waals surface area contributed by atoms with Crippen molar-refractivity contribution >= 4 is 11.4 Å². The number of rotatable bonds is 6. The zero-order valence-electron chi connectivity index (χ0n) is 12.1. The minimum Gasteiger partial charge on any atom is -0.373 e. The molecule has 0 saturated carbocycles. The van der Waals surface area contributed by atoms with Gasteiger partial charge in [0.15, 0.2) is 0 Å². The highest BCUT2D eigenvalue weighted by Gasteiger charge is 2.27. The van der Waals surface area contributed by atoms with Crippen LogP contribution in [0.5, 0.6) is 0 Å². The number of nitrogens with one attached hydrogen (secondary N) is 1. The molecule has 5 nitrogen and oxygen atoms in total. The third-order valence-electron chi connectivity index (χ3n) is 3.18. The van der Waals surface area contributed by atoms with E-state index in [0.717, 1.165) is 12.0 Å². The maximum Gasteiger partial charge on any atom is 0.292 e. The third kappa shape index (κ3) is 3.92. The second-order valence-corrected chi connectivity index (χ2v) is 5.71. The van der Waals surface area contributed by atoms with Crippen LogP contribution in [0.25, 0.3) is 0 Å². The zero-order valence-corrected chi connectivity index (χ0v) is 12.1. The molecule has 0 radical (unpaired) electrons. The van der Waals surface area contributed by atoms with Crippen molar-refractivity contribution in [1.29, 1.82) is 0 Å². The lowest BCUT2D eigenvalue weighted by molar-refractivity contribution is -0.384. The van der Waals surface area contributed by atoms with Crippen LogP contribution in [0, 0.1) is 23.0 Å².